The fraction of sp³-hybridized carbons (Fsp3) is 0.429. The van der Waals surface area contributed by atoms with Gasteiger partial charge in [0.2, 0.25) is 0 Å². The smallest absolute Gasteiger partial charge is 0.241 e. The molecule has 0 unspecified atom stereocenters. The fourth-order valence-electron chi connectivity index (χ4n) is 1.09. The Balaban J connectivity index is 3.41. The molecule has 0 radical (unpaired) electrons. The summed E-state index contributed by atoms with van der Waals surface area (Å²) in [5, 5.41) is 0.310. The van der Waals surface area contributed by atoms with Crippen molar-refractivity contribution in [1.82, 2.24) is 3.97 Å². The van der Waals surface area contributed by atoms with Gasteiger partial charge in [0.05, 0.1) is 0 Å². The van der Waals surface area contributed by atoms with Crippen LogP contribution in [-0.2, 0) is 20.7 Å². The van der Waals surface area contributed by atoms with E-state index in [0.29, 0.717) is 5.56 Å². The average molecular weight is 385 g/mol. The maximum Gasteiger partial charge on any atom is 0.517 e. The van der Waals surface area contributed by atoms with E-state index in [1.54, 1.807) is 0 Å². The summed E-state index contributed by atoms with van der Waals surface area (Å²) in [7, 11) is -5.34. The van der Waals surface area contributed by atoms with E-state index in [2.05, 4.69) is 31.9 Å². The first-order chi connectivity index (χ1) is 7.25. The van der Waals surface area contributed by atoms with Gasteiger partial charge >= 0.3 is 15.5 Å². The van der Waals surface area contributed by atoms with Crippen LogP contribution in [0.3, 0.4) is 0 Å². The van der Waals surface area contributed by atoms with Crippen LogP contribution in [0.25, 0.3) is 0 Å². The van der Waals surface area contributed by atoms with Crippen molar-refractivity contribution in [2.24, 2.45) is 0 Å². The van der Waals surface area contributed by atoms with Crippen molar-refractivity contribution >= 4 is 41.9 Å². The van der Waals surface area contributed by atoms with E-state index in [0.717, 1.165) is 6.20 Å². The van der Waals surface area contributed by atoms with Crippen LogP contribution in [0.2, 0.25) is 0 Å². The van der Waals surface area contributed by atoms with Gasteiger partial charge in [-0.2, -0.15) is 21.6 Å². The summed E-state index contributed by atoms with van der Waals surface area (Å²) < 4.78 is 59.5. The minimum atomic E-state index is -5.34. The molecule has 0 saturated heterocycles. The Hall–Kier alpha value is -0.0200. The first-order valence-electron chi connectivity index (χ1n) is 3.88. The Morgan fingerprint density at radius 3 is 2.19 bits per heavy atom. The van der Waals surface area contributed by atoms with E-state index in [4.69, 9.17) is 0 Å². The average Bonchev–Trinajstić information content (AvgIpc) is 2.58. The molecule has 0 aliphatic heterocycles. The molecule has 0 amide bonds. The second kappa shape index (κ2) is 4.69. The first kappa shape index (κ1) is 14.0. The monoisotopic (exact) mass is 383 g/mol. The minimum Gasteiger partial charge on any atom is -0.241 e. The van der Waals surface area contributed by atoms with Gasteiger partial charge < -0.3 is 0 Å². The zero-order chi connectivity index (χ0) is 12.6. The lowest BCUT2D eigenvalue weighted by atomic mass is 10.3. The molecule has 1 aromatic rings. The molecule has 0 aliphatic rings. The zero-order valence-corrected chi connectivity index (χ0v) is 11.6. The summed E-state index contributed by atoms with van der Waals surface area (Å²) >= 11 is 6.03. The molecule has 16 heavy (non-hydrogen) atoms. The van der Waals surface area contributed by atoms with Gasteiger partial charge in [-0.25, -0.2) is 3.97 Å². The van der Waals surface area contributed by atoms with Crippen LogP contribution in [0.1, 0.15) is 11.3 Å². The quantitative estimate of drug-likeness (QED) is 0.751. The maximum absolute atomic E-state index is 12.3. The van der Waals surface area contributed by atoms with E-state index in [1.165, 1.54) is 6.07 Å². The number of alkyl halides is 5. The molecule has 92 valence electrons. The van der Waals surface area contributed by atoms with Crippen LogP contribution < -0.4 is 0 Å². The number of aromatic nitrogens is 1. The topological polar surface area (TPSA) is 39.1 Å². The van der Waals surface area contributed by atoms with Crippen LogP contribution in [0.5, 0.6) is 0 Å². The van der Waals surface area contributed by atoms with Gasteiger partial charge in [-0.3, -0.25) is 0 Å². The predicted molar refractivity (Wildman–Crippen MR) is 60.1 cm³/mol. The predicted octanol–water partition coefficient (Wildman–Crippen LogP) is 2.98. The lowest BCUT2D eigenvalue weighted by molar-refractivity contribution is -0.0446. The van der Waals surface area contributed by atoms with Gasteiger partial charge in [0.1, 0.15) is 0 Å². The highest BCUT2D eigenvalue weighted by Gasteiger charge is 2.48. The summed E-state index contributed by atoms with van der Waals surface area (Å²) in [4.78, 5) is 0. The van der Waals surface area contributed by atoms with Crippen molar-refractivity contribution in [3.63, 3.8) is 0 Å². The summed E-state index contributed by atoms with van der Waals surface area (Å²) in [6.07, 6.45) is 0.899. The Bertz CT molecular complexity index is 480. The van der Waals surface area contributed by atoms with Gasteiger partial charge in [0.25, 0.3) is 0 Å². The van der Waals surface area contributed by atoms with Crippen LogP contribution >= 0.6 is 31.9 Å². The van der Waals surface area contributed by atoms with Gasteiger partial charge in [-0.15, -0.1) is 0 Å². The third kappa shape index (κ3) is 2.30. The van der Waals surface area contributed by atoms with Crippen molar-refractivity contribution in [2.75, 3.05) is 0 Å². The SMILES string of the molecule is O=S(=O)(n1ccc(CBr)c1CBr)C(F)(F)F. The zero-order valence-electron chi connectivity index (χ0n) is 7.63. The molecular weight excluding hydrogens is 379 g/mol. The highest BCUT2D eigenvalue weighted by Crippen LogP contribution is 2.29. The van der Waals surface area contributed by atoms with Gasteiger partial charge in [0, 0.05) is 22.6 Å². The summed E-state index contributed by atoms with van der Waals surface area (Å²) in [5.41, 5.74) is -4.74. The van der Waals surface area contributed by atoms with E-state index in [9.17, 15) is 21.6 Å². The lowest BCUT2D eigenvalue weighted by Gasteiger charge is -2.12. The van der Waals surface area contributed by atoms with Crippen molar-refractivity contribution in [2.45, 2.75) is 16.2 Å². The molecule has 3 nitrogen and oxygen atoms in total. The molecule has 0 fully saturated rings. The van der Waals surface area contributed by atoms with Crippen LogP contribution in [0.4, 0.5) is 13.2 Å². The maximum atomic E-state index is 12.3. The molecule has 9 heteroatoms. The summed E-state index contributed by atoms with van der Waals surface area (Å²) in [6, 6.07) is 1.33. The summed E-state index contributed by atoms with van der Waals surface area (Å²) in [6.45, 7) is 0. The molecule has 0 aliphatic carbocycles. The molecule has 0 saturated carbocycles. The third-order valence-electron chi connectivity index (χ3n) is 1.87. The lowest BCUT2D eigenvalue weighted by Crippen LogP contribution is -2.30. The Labute approximate surface area is 107 Å². The second-order valence-electron chi connectivity index (χ2n) is 2.80. The van der Waals surface area contributed by atoms with Crippen molar-refractivity contribution < 1.29 is 21.6 Å². The number of rotatable bonds is 3. The minimum absolute atomic E-state index is 0.0241. The van der Waals surface area contributed by atoms with E-state index in [1.807, 2.05) is 0 Å². The van der Waals surface area contributed by atoms with Crippen molar-refractivity contribution in [1.29, 1.82) is 0 Å². The van der Waals surface area contributed by atoms with Gasteiger partial charge in [-0.05, 0) is 11.6 Å². The normalized spacial score (nSPS) is 13.1. The molecule has 0 N–H and O–H groups in total. The third-order valence-corrected chi connectivity index (χ3v) is 4.45. The van der Waals surface area contributed by atoms with Gasteiger partial charge in [0.15, 0.2) is 0 Å². The first-order valence-corrected chi connectivity index (χ1v) is 7.57. The van der Waals surface area contributed by atoms with E-state index >= 15 is 0 Å². The fourth-order valence-corrected chi connectivity index (χ4v) is 3.31. The van der Waals surface area contributed by atoms with E-state index in [-0.39, 0.29) is 20.3 Å². The van der Waals surface area contributed by atoms with Crippen LogP contribution in [-0.4, -0.2) is 17.9 Å². The molecule has 0 aromatic carbocycles. The van der Waals surface area contributed by atoms with Crippen LogP contribution in [0, 0.1) is 0 Å². The number of hydrogen-bond donors (Lipinski definition) is 0. The Morgan fingerprint density at radius 2 is 1.81 bits per heavy atom. The number of hydrogen-bond acceptors (Lipinski definition) is 2. The molecule has 1 heterocycles. The highest BCUT2D eigenvalue weighted by atomic mass is 79.9. The summed E-state index contributed by atoms with van der Waals surface area (Å²) in [5.74, 6) is 0. The van der Waals surface area contributed by atoms with Crippen molar-refractivity contribution in [3.05, 3.63) is 23.5 Å². The largest absolute Gasteiger partial charge is 0.517 e. The second-order valence-corrected chi connectivity index (χ2v) is 5.73. The number of halogens is 5. The molecule has 0 spiro atoms. The molecular formula is C7H6Br2F3NO2S. The van der Waals surface area contributed by atoms with Gasteiger partial charge in [-0.1, -0.05) is 31.9 Å². The van der Waals surface area contributed by atoms with Crippen LogP contribution in [0.15, 0.2) is 12.3 Å². The molecule has 1 rings (SSSR count). The van der Waals surface area contributed by atoms with Crippen molar-refractivity contribution in [3.8, 4) is 0 Å². The molecule has 0 bridgehead atoms. The highest BCUT2D eigenvalue weighted by molar-refractivity contribution is 9.09. The number of nitrogens with zero attached hydrogens (tertiary/aromatic N) is 1. The Kier molecular flexibility index (Phi) is 4.12. The standard InChI is InChI=1S/C7H6Br2F3NO2S/c8-3-5-1-2-13(6(5)4-9)16(14,15)7(10,11)12/h1-2H,3-4H2. The Morgan fingerprint density at radius 1 is 1.25 bits per heavy atom. The van der Waals surface area contributed by atoms with E-state index < -0.39 is 15.5 Å². The molecule has 1 aromatic heterocycles. The molecule has 0 atom stereocenters.